The van der Waals surface area contributed by atoms with Crippen LogP contribution in [0.5, 0.6) is 0 Å². The van der Waals surface area contributed by atoms with Crippen molar-refractivity contribution in [2.24, 2.45) is 11.5 Å². The zero-order chi connectivity index (χ0) is 26.6. The van der Waals surface area contributed by atoms with E-state index in [1.54, 1.807) is 10.8 Å². The van der Waals surface area contributed by atoms with Crippen molar-refractivity contribution in [3.63, 3.8) is 0 Å². The number of rotatable bonds is 8. The van der Waals surface area contributed by atoms with E-state index in [0.717, 1.165) is 22.3 Å². The number of aliphatic hydroxyl groups is 2. The number of benzene rings is 2. The fourth-order valence-corrected chi connectivity index (χ4v) is 4.12. The number of nitrogens with one attached hydrogen (secondary N) is 2. The molecule has 37 heavy (non-hydrogen) atoms. The molecule has 2 amide bonds. The van der Waals surface area contributed by atoms with Gasteiger partial charge in [0, 0.05) is 37.3 Å². The summed E-state index contributed by atoms with van der Waals surface area (Å²) in [7, 11) is 0. The summed E-state index contributed by atoms with van der Waals surface area (Å²) in [5.41, 5.74) is 15.6. The summed E-state index contributed by atoms with van der Waals surface area (Å²) in [5.74, 6) is 8.60. The van der Waals surface area contributed by atoms with Gasteiger partial charge in [0.05, 0.1) is 0 Å². The molecule has 0 radical (unpaired) electrons. The van der Waals surface area contributed by atoms with Gasteiger partial charge in [0.25, 0.3) is 11.8 Å². The Balaban J connectivity index is 1.53. The molecule has 0 fully saturated rings. The monoisotopic (exact) mass is 516 g/mol. The van der Waals surface area contributed by atoms with Crippen LogP contribution in [0.4, 0.5) is 0 Å². The van der Waals surface area contributed by atoms with Crippen LogP contribution in [0, 0.1) is 23.7 Å². The van der Waals surface area contributed by atoms with Gasteiger partial charge in [-0.15, -0.1) is 0 Å². The van der Waals surface area contributed by atoms with Crippen LogP contribution in [0.3, 0.4) is 0 Å². The van der Waals surface area contributed by atoms with Crippen molar-refractivity contribution in [2.45, 2.75) is 38.4 Å². The van der Waals surface area contributed by atoms with Crippen LogP contribution in [-0.4, -0.2) is 22.0 Å². The number of carbonyl (C=O) groups excluding carboxylic acids is 2. The number of thiophene rings is 1. The van der Waals surface area contributed by atoms with E-state index in [2.05, 4.69) is 34.3 Å². The van der Waals surface area contributed by atoms with E-state index >= 15 is 0 Å². The molecule has 1 aromatic heterocycles. The van der Waals surface area contributed by atoms with Crippen LogP contribution in [-0.2, 0) is 35.8 Å². The second kappa shape index (κ2) is 14.0. The molecular weight excluding hydrogens is 488 g/mol. The fraction of sp³-hybridized carbons (Fsp3) is 0.214. The van der Waals surface area contributed by atoms with Crippen LogP contribution >= 0.6 is 11.3 Å². The molecule has 3 rings (SSSR count). The van der Waals surface area contributed by atoms with Gasteiger partial charge in [-0.3, -0.25) is 9.59 Å². The maximum atomic E-state index is 12.1. The molecule has 8 N–H and O–H groups in total. The summed E-state index contributed by atoms with van der Waals surface area (Å²) in [6.45, 7) is 1.46. The summed E-state index contributed by atoms with van der Waals surface area (Å²) >= 11 is 1.24. The van der Waals surface area contributed by atoms with Gasteiger partial charge in [-0.1, -0.05) is 60.4 Å². The van der Waals surface area contributed by atoms with Gasteiger partial charge in [-0.05, 0) is 44.9 Å². The number of carbonyl (C=O) groups is 2. The first-order valence-corrected chi connectivity index (χ1v) is 12.4. The van der Waals surface area contributed by atoms with E-state index in [1.807, 2.05) is 48.5 Å². The molecule has 2 aromatic carbocycles. The van der Waals surface area contributed by atoms with Gasteiger partial charge in [0.1, 0.15) is 12.2 Å². The third-order valence-electron chi connectivity index (χ3n) is 5.38. The number of hydrogen-bond acceptors (Lipinski definition) is 7. The molecular formula is C28H28N4O4S. The average Bonchev–Trinajstić information content (AvgIpc) is 3.43. The van der Waals surface area contributed by atoms with Crippen molar-refractivity contribution in [1.82, 2.24) is 10.6 Å². The molecule has 0 aliphatic rings. The summed E-state index contributed by atoms with van der Waals surface area (Å²) in [6, 6.07) is 15.0. The smallest absolute Gasteiger partial charge is 0.296 e. The summed E-state index contributed by atoms with van der Waals surface area (Å²) in [4.78, 5) is 24.1. The molecule has 2 unspecified atom stereocenters. The zero-order valence-corrected chi connectivity index (χ0v) is 20.8. The Morgan fingerprint density at radius 3 is 1.41 bits per heavy atom. The minimum Gasteiger partial charge on any atom is -0.376 e. The number of amides is 2. The first kappa shape index (κ1) is 27.6. The highest BCUT2D eigenvalue weighted by atomic mass is 32.1. The van der Waals surface area contributed by atoms with Gasteiger partial charge < -0.3 is 32.3 Å². The van der Waals surface area contributed by atoms with Crippen molar-refractivity contribution in [2.75, 3.05) is 0 Å². The molecule has 1 heterocycles. The van der Waals surface area contributed by atoms with Crippen molar-refractivity contribution in [3.8, 4) is 23.7 Å². The first-order valence-electron chi connectivity index (χ1n) is 11.5. The maximum Gasteiger partial charge on any atom is 0.296 e. The lowest BCUT2D eigenvalue weighted by atomic mass is 10.0. The Morgan fingerprint density at radius 1 is 0.703 bits per heavy atom. The van der Waals surface area contributed by atoms with E-state index in [0.29, 0.717) is 24.2 Å². The number of hydrogen-bond donors (Lipinski definition) is 6. The Labute approximate surface area is 219 Å². The number of aliphatic hydroxyl groups excluding tert-OH is 2. The highest BCUT2D eigenvalue weighted by molar-refractivity contribution is 7.08. The number of nitrogens with two attached hydrogens (primary N) is 2. The van der Waals surface area contributed by atoms with Gasteiger partial charge in [-0.2, -0.15) is 11.3 Å². The van der Waals surface area contributed by atoms with Crippen LogP contribution in [0.2, 0.25) is 0 Å². The third-order valence-corrected chi connectivity index (χ3v) is 6.16. The van der Waals surface area contributed by atoms with Crippen molar-refractivity contribution < 1.29 is 19.8 Å². The lowest BCUT2D eigenvalue weighted by molar-refractivity contribution is -0.116. The standard InChI is InChI=1S/C28H28N4O4S/c29-13-19-1-5-21(6-2-19)15-31-27(35)11-9-25(33)23-17-37-18-24(23)26(34)10-12-28(36)32-16-22-7-3-20(14-30)4-8-22/h1-8,17-18,25-26,33-34H,13-16,29-30H2,(H,31,35)(H,32,36). The second-order valence-electron chi connectivity index (χ2n) is 8.03. The van der Waals surface area contributed by atoms with Crippen LogP contribution in [0.25, 0.3) is 0 Å². The van der Waals surface area contributed by atoms with E-state index < -0.39 is 24.0 Å². The summed E-state index contributed by atoms with van der Waals surface area (Å²) in [5, 5.41) is 29.5. The van der Waals surface area contributed by atoms with E-state index in [9.17, 15) is 19.8 Å². The van der Waals surface area contributed by atoms with Gasteiger partial charge >= 0.3 is 0 Å². The van der Waals surface area contributed by atoms with Gasteiger partial charge in [-0.25, -0.2) is 0 Å². The highest BCUT2D eigenvalue weighted by Gasteiger charge is 2.17. The summed E-state index contributed by atoms with van der Waals surface area (Å²) in [6.07, 6.45) is -2.62. The molecule has 0 saturated carbocycles. The first-order chi connectivity index (χ1) is 17.9. The largest absolute Gasteiger partial charge is 0.376 e. The molecule has 190 valence electrons. The Hall–Kier alpha value is -3.96. The molecule has 9 heteroatoms. The van der Waals surface area contributed by atoms with Gasteiger partial charge in [0.2, 0.25) is 0 Å². The normalized spacial score (nSPS) is 11.8. The molecule has 8 nitrogen and oxygen atoms in total. The van der Waals surface area contributed by atoms with Gasteiger partial charge in [0.15, 0.2) is 0 Å². The lowest BCUT2D eigenvalue weighted by Gasteiger charge is -2.08. The Bertz CT molecular complexity index is 1230. The molecule has 0 aliphatic heterocycles. The third kappa shape index (κ3) is 8.58. The fourth-order valence-electron chi connectivity index (χ4n) is 3.22. The maximum absolute atomic E-state index is 12.1. The van der Waals surface area contributed by atoms with Crippen LogP contribution in [0.1, 0.15) is 45.6 Å². The van der Waals surface area contributed by atoms with Crippen molar-refractivity contribution in [1.29, 1.82) is 0 Å². The zero-order valence-electron chi connectivity index (χ0n) is 20.0. The van der Waals surface area contributed by atoms with E-state index in [4.69, 9.17) is 11.5 Å². The lowest BCUT2D eigenvalue weighted by Crippen LogP contribution is -2.21. The molecule has 3 aromatic rings. The van der Waals surface area contributed by atoms with Crippen molar-refractivity contribution >= 4 is 23.2 Å². The predicted octanol–water partition coefficient (Wildman–Crippen LogP) is 1.37. The second-order valence-corrected chi connectivity index (χ2v) is 8.78. The van der Waals surface area contributed by atoms with E-state index in [-0.39, 0.29) is 13.1 Å². The highest BCUT2D eigenvalue weighted by Crippen LogP contribution is 2.27. The van der Waals surface area contributed by atoms with Crippen LogP contribution in [0.15, 0.2) is 59.3 Å². The molecule has 0 aliphatic carbocycles. The molecule has 0 bridgehead atoms. The molecule has 2 atom stereocenters. The molecule has 0 saturated heterocycles. The average molecular weight is 517 g/mol. The van der Waals surface area contributed by atoms with Crippen molar-refractivity contribution in [3.05, 3.63) is 92.7 Å². The van der Waals surface area contributed by atoms with Crippen LogP contribution < -0.4 is 22.1 Å². The Kier molecular flexibility index (Phi) is 10.4. The Morgan fingerprint density at radius 2 is 1.05 bits per heavy atom. The summed E-state index contributed by atoms with van der Waals surface area (Å²) < 4.78 is 0. The quantitative estimate of drug-likeness (QED) is 0.249. The molecule has 0 spiro atoms. The van der Waals surface area contributed by atoms with E-state index in [1.165, 1.54) is 11.3 Å². The minimum atomic E-state index is -1.31. The SMILES string of the molecule is NCc1ccc(CNC(=O)C#CC(O)c2cscc2C(O)C#CC(=O)NCc2ccc(CN)cc2)cc1. The predicted molar refractivity (Wildman–Crippen MR) is 142 cm³/mol. The minimum absolute atomic E-state index is 0.285. The topological polar surface area (TPSA) is 151 Å².